The molecule has 5 rings (SSSR count). The summed E-state index contributed by atoms with van der Waals surface area (Å²) in [7, 11) is 0. The Bertz CT molecular complexity index is 444. The Balaban J connectivity index is 1.79. The zero-order valence-corrected chi connectivity index (χ0v) is 10.9. The highest BCUT2D eigenvalue weighted by Gasteiger charge is 2.53. The fourth-order valence-corrected chi connectivity index (χ4v) is 5.30. The highest BCUT2D eigenvalue weighted by atomic mass is 16.5. The van der Waals surface area contributed by atoms with E-state index in [2.05, 4.69) is 10.6 Å². The third-order valence-electron chi connectivity index (χ3n) is 5.55. The molecule has 4 aliphatic rings. The molecule has 0 amide bonds. The molecule has 4 heteroatoms. The van der Waals surface area contributed by atoms with Gasteiger partial charge < -0.3 is 9.95 Å². The van der Waals surface area contributed by atoms with Crippen LogP contribution >= 0.6 is 0 Å². The molecule has 18 heavy (non-hydrogen) atoms. The van der Waals surface area contributed by atoms with Gasteiger partial charge in [0.05, 0.1) is 0 Å². The van der Waals surface area contributed by atoms with Gasteiger partial charge in [-0.3, -0.25) is 5.84 Å². The van der Waals surface area contributed by atoms with Crippen LogP contribution in [0.1, 0.15) is 50.0 Å². The van der Waals surface area contributed by atoms with Gasteiger partial charge in [0, 0.05) is 5.41 Å². The van der Waals surface area contributed by atoms with Gasteiger partial charge in [0.2, 0.25) is 0 Å². The second-order valence-electron chi connectivity index (χ2n) is 6.80. The Labute approximate surface area is 107 Å². The zero-order chi connectivity index (χ0) is 12.3. The molecule has 0 unspecified atom stereocenters. The van der Waals surface area contributed by atoms with E-state index >= 15 is 0 Å². The Morgan fingerprint density at radius 1 is 1.17 bits per heavy atom. The van der Waals surface area contributed by atoms with Crippen LogP contribution in [0.25, 0.3) is 0 Å². The molecule has 98 valence electrons. The number of anilines is 1. The molecule has 0 aliphatic heterocycles. The van der Waals surface area contributed by atoms with Crippen LogP contribution in [-0.2, 0) is 5.41 Å². The quantitative estimate of drug-likeness (QED) is 0.623. The van der Waals surface area contributed by atoms with E-state index in [0.29, 0.717) is 0 Å². The third kappa shape index (κ3) is 1.32. The number of rotatable bonds is 2. The van der Waals surface area contributed by atoms with E-state index in [-0.39, 0.29) is 5.41 Å². The normalized spacial score (nSPS) is 41.3. The molecule has 4 nitrogen and oxygen atoms in total. The second-order valence-corrected chi connectivity index (χ2v) is 6.80. The average molecular weight is 247 g/mol. The molecule has 1 heterocycles. The number of aromatic nitrogens is 1. The molecule has 1 aromatic rings. The molecule has 4 bridgehead atoms. The van der Waals surface area contributed by atoms with E-state index in [1.165, 1.54) is 38.5 Å². The minimum absolute atomic E-state index is 0.258. The number of nitrogens with two attached hydrogens (primary N) is 1. The minimum atomic E-state index is 0.258. The van der Waals surface area contributed by atoms with Crippen LogP contribution in [0.15, 0.2) is 4.52 Å². The number of nitrogens with zero attached hydrogens (tertiary/aromatic N) is 1. The van der Waals surface area contributed by atoms with Gasteiger partial charge in [-0.2, -0.15) is 0 Å². The largest absolute Gasteiger partial charge is 0.359 e. The third-order valence-corrected chi connectivity index (χ3v) is 5.55. The predicted octanol–water partition coefficient (Wildman–Crippen LogP) is 2.74. The first-order valence-electron chi connectivity index (χ1n) is 7.13. The van der Waals surface area contributed by atoms with E-state index in [1.54, 1.807) is 0 Å². The first-order valence-corrected chi connectivity index (χ1v) is 7.13. The number of nitrogen functional groups attached to an aromatic ring is 1. The highest BCUT2D eigenvalue weighted by molar-refractivity contribution is 5.53. The Morgan fingerprint density at radius 3 is 2.22 bits per heavy atom. The lowest BCUT2D eigenvalue weighted by molar-refractivity contribution is -0.00818. The number of nitrogens with one attached hydrogen (secondary N) is 1. The summed E-state index contributed by atoms with van der Waals surface area (Å²) < 4.78 is 5.38. The number of hydrogen-bond donors (Lipinski definition) is 2. The monoisotopic (exact) mass is 247 g/mol. The number of aryl methyl sites for hydroxylation is 1. The van der Waals surface area contributed by atoms with Crippen molar-refractivity contribution >= 4 is 5.69 Å². The maximum Gasteiger partial charge on any atom is 0.158 e. The van der Waals surface area contributed by atoms with Crippen molar-refractivity contribution in [1.29, 1.82) is 0 Å². The lowest BCUT2D eigenvalue weighted by Crippen LogP contribution is -2.49. The smallest absolute Gasteiger partial charge is 0.158 e. The molecule has 0 atom stereocenters. The highest BCUT2D eigenvalue weighted by Crippen LogP contribution is 2.61. The second kappa shape index (κ2) is 3.50. The van der Waals surface area contributed by atoms with Crippen LogP contribution in [0.5, 0.6) is 0 Å². The fraction of sp³-hybridized carbons (Fsp3) is 0.786. The van der Waals surface area contributed by atoms with Gasteiger partial charge in [0.25, 0.3) is 0 Å². The summed E-state index contributed by atoms with van der Waals surface area (Å²) >= 11 is 0. The molecule has 0 spiro atoms. The van der Waals surface area contributed by atoms with Gasteiger partial charge >= 0.3 is 0 Å². The van der Waals surface area contributed by atoms with Crippen LogP contribution in [0, 0.1) is 24.7 Å². The van der Waals surface area contributed by atoms with Gasteiger partial charge in [-0.05, 0) is 63.2 Å². The summed E-state index contributed by atoms with van der Waals surface area (Å²) in [5, 5.41) is 4.36. The van der Waals surface area contributed by atoms with Crippen LogP contribution in [0.4, 0.5) is 5.69 Å². The SMILES string of the molecule is Cc1onc(C23CC4CC(CC(C4)C2)C3)c1NN. The molecule has 1 aromatic heterocycles. The lowest BCUT2D eigenvalue weighted by atomic mass is 9.48. The molecule has 0 radical (unpaired) electrons. The van der Waals surface area contributed by atoms with Crippen molar-refractivity contribution in [2.45, 2.75) is 50.9 Å². The van der Waals surface area contributed by atoms with Crippen LogP contribution in [-0.4, -0.2) is 5.16 Å². The summed E-state index contributed by atoms with van der Waals surface area (Å²) in [5.41, 5.74) is 5.12. The fourth-order valence-electron chi connectivity index (χ4n) is 5.30. The molecule has 4 aliphatic carbocycles. The van der Waals surface area contributed by atoms with Crippen LogP contribution in [0.2, 0.25) is 0 Å². The van der Waals surface area contributed by atoms with Crippen molar-refractivity contribution in [2.75, 3.05) is 5.43 Å². The Kier molecular flexibility index (Phi) is 2.11. The zero-order valence-electron chi connectivity index (χ0n) is 10.9. The van der Waals surface area contributed by atoms with Gasteiger partial charge in [-0.15, -0.1) is 0 Å². The van der Waals surface area contributed by atoms with Crippen molar-refractivity contribution in [2.24, 2.45) is 23.6 Å². The first-order chi connectivity index (χ1) is 8.70. The summed E-state index contributed by atoms with van der Waals surface area (Å²) in [5.74, 6) is 9.23. The maximum atomic E-state index is 5.66. The van der Waals surface area contributed by atoms with E-state index in [1.807, 2.05) is 6.92 Å². The molecule has 4 saturated carbocycles. The Morgan fingerprint density at radius 2 is 1.72 bits per heavy atom. The summed E-state index contributed by atoms with van der Waals surface area (Å²) in [4.78, 5) is 0. The molecular weight excluding hydrogens is 226 g/mol. The molecule has 3 N–H and O–H groups in total. The van der Waals surface area contributed by atoms with Crippen molar-refractivity contribution in [3.63, 3.8) is 0 Å². The van der Waals surface area contributed by atoms with E-state index in [9.17, 15) is 0 Å². The molecular formula is C14H21N3O. The molecule has 0 saturated heterocycles. The van der Waals surface area contributed by atoms with Crippen molar-refractivity contribution < 1.29 is 4.52 Å². The topological polar surface area (TPSA) is 64.1 Å². The summed E-state index contributed by atoms with van der Waals surface area (Å²) in [6.07, 6.45) is 8.21. The van der Waals surface area contributed by atoms with Crippen LogP contribution < -0.4 is 11.3 Å². The van der Waals surface area contributed by atoms with Crippen LogP contribution in [0.3, 0.4) is 0 Å². The predicted molar refractivity (Wildman–Crippen MR) is 68.9 cm³/mol. The van der Waals surface area contributed by atoms with E-state index in [0.717, 1.165) is 34.9 Å². The van der Waals surface area contributed by atoms with Crippen molar-refractivity contribution in [3.05, 3.63) is 11.5 Å². The lowest BCUT2D eigenvalue weighted by Gasteiger charge is -2.56. The van der Waals surface area contributed by atoms with Crippen molar-refractivity contribution in [1.82, 2.24) is 5.16 Å². The van der Waals surface area contributed by atoms with Gasteiger partial charge in [0.1, 0.15) is 11.4 Å². The van der Waals surface area contributed by atoms with Gasteiger partial charge in [-0.1, -0.05) is 5.16 Å². The van der Waals surface area contributed by atoms with Gasteiger partial charge in [0.15, 0.2) is 5.76 Å². The first kappa shape index (κ1) is 10.9. The average Bonchev–Trinajstić information content (AvgIpc) is 2.69. The molecule has 0 aromatic carbocycles. The van der Waals surface area contributed by atoms with E-state index < -0.39 is 0 Å². The minimum Gasteiger partial charge on any atom is -0.359 e. The molecule has 4 fully saturated rings. The van der Waals surface area contributed by atoms with Crippen molar-refractivity contribution in [3.8, 4) is 0 Å². The number of hydrogen-bond acceptors (Lipinski definition) is 4. The standard InChI is InChI=1S/C14H21N3O/c1-8-12(16-15)13(17-18-8)14-5-9-2-10(6-14)4-11(3-9)7-14/h9-11,16H,2-7,15H2,1H3. The summed E-state index contributed by atoms with van der Waals surface area (Å²) in [6, 6.07) is 0. The van der Waals surface area contributed by atoms with Gasteiger partial charge in [-0.25, -0.2) is 0 Å². The van der Waals surface area contributed by atoms with E-state index in [4.69, 9.17) is 10.4 Å². The summed E-state index contributed by atoms with van der Waals surface area (Å²) in [6.45, 7) is 1.94. The number of hydrazine groups is 1. The Hall–Kier alpha value is -1.03. The maximum absolute atomic E-state index is 5.66.